The highest BCUT2D eigenvalue weighted by atomic mass is 127. The van der Waals surface area contributed by atoms with E-state index in [9.17, 15) is 0 Å². The van der Waals surface area contributed by atoms with Gasteiger partial charge in [-0.3, -0.25) is 4.99 Å². The minimum absolute atomic E-state index is 0. The molecule has 0 saturated heterocycles. The third kappa shape index (κ3) is 6.85. The third-order valence-electron chi connectivity index (χ3n) is 4.12. The number of unbranched alkanes of at least 4 members (excludes halogenated alkanes) is 1. The highest BCUT2D eigenvalue weighted by Gasteiger charge is 2.13. The molecule has 22 heavy (non-hydrogen) atoms. The van der Waals surface area contributed by atoms with Gasteiger partial charge < -0.3 is 15.8 Å². The number of halogens is 1. The molecule has 1 aromatic carbocycles. The van der Waals surface area contributed by atoms with Crippen molar-refractivity contribution in [3.8, 4) is 5.75 Å². The molecule has 2 rings (SSSR count). The summed E-state index contributed by atoms with van der Waals surface area (Å²) in [6, 6.07) is 7.69. The number of rotatable bonds is 7. The number of nitrogens with one attached hydrogen (secondary N) is 1. The van der Waals surface area contributed by atoms with Crippen LogP contribution in [-0.4, -0.2) is 19.6 Å². The summed E-state index contributed by atoms with van der Waals surface area (Å²) < 4.78 is 5.18. The van der Waals surface area contributed by atoms with E-state index in [-0.39, 0.29) is 24.0 Å². The van der Waals surface area contributed by atoms with E-state index in [1.54, 1.807) is 7.11 Å². The Hall–Kier alpha value is -0.980. The Morgan fingerprint density at radius 2 is 2.09 bits per heavy atom. The number of guanidine groups is 1. The van der Waals surface area contributed by atoms with Gasteiger partial charge in [0.25, 0.3) is 0 Å². The van der Waals surface area contributed by atoms with Gasteiger partial charge in [0.15, 0.2) is 5.96 Å². The molecule has 0 spiro atoms. The highest BCUT2D eigenvalue weighted by molar-refractivity contribution is 14.0. The van der Waals surface area contributed by atoms with E-state index in [4.69, 9.17) is 10.5 Å². The molecule has 0 bridgehead atoms. The van der Waals surface area contributed by atoms with Crippen LogP contribution in [0.3, 0.4) is 0 Å². The van der Waals surface area contributed by atoms with Crippen molar-refractivity contribution in [2.24, 2.45) is 16.6 Å². The molecule has 1 saturated carbocycles. The van der Waals surface area contributed by atoms with Crippen molar-refractivity contribution >= 4 is 35.6 Å². The Morgan fingerprint density at radius 1 is 1.32 bits per heavy atom. The number of ether oxygens (including phenoxy) is 1. The normalized spacial score (nSPS) is 15.4. The maximum Gasteiger partial charge on any atom is 0.193 e. The van der Waals surface area contributed by atoms with Crippen LogP contribution in [0.25, 0.3) is 0 Å². The molecule has 0 unspecified atom stereocenters. The van der Waals surface area contributed by atoms with Crippen molar-refractivity contribution < 1.29 is 4.74 Å². The second kappa shape index (κ2) is 10.7. The van der Waals surface area contributed by atoms with Crippen LogP contribution in [0.2, 0.25) is 0 Å². The zero-order chi connectivity index (χ0) is 14.9. The van der Waals surface area contributed by atoms with Gasteiger partial charge in [0.1, 0.15) is 5.75 Å². The molecule has 124 valence electrons. The Morgan fingerprint density at radius 3 is 2.82 bits per heavy atom. The number of benzene rings is 1. The van der Waals surface area contributed by atoms with E-state index < -0.39 is 0 Å². The molecule has 5 heteroatoms. The third-order valence-corrected chi connectivity index (χ3v) is 4.12. The van der Waals surface area contributed by atoms with Gasteiger partial charge in [0.05, 0.1) is 7.11 Å². The molecule has 0 amide bonds. The zero-order valence-corrected chi connectivity index (χ0v) is 15.7. The average Bonchev–Trinajstić information content (AvgIpc) is 3.00. The first-order chi connectivity index (χ1) is 10.3. The maximum atomic E-state index is 5.90. The monoisotopic (exact) mass is 417 g/mol. The van der Waals surface area contributed by atoms with Crippen LogP contribution < -0.4 is 15.8 Å². The highest BCUT2D eigenvalue weighted by Crippen LogP contribution is 2.28. The van der Waals surface area contributed by atoms with Gasteiger partial charge in [-0.2, -0.15) is 0 Å². The van der Waals surface area contributed by atoms with Gasteiger partial charge in [-0.25, -0.2) is 0 Å². The van der Waals surface area contributed by atoms with Crippen molar-refractivity contribution in [3.05, 3.63) is 24.3 Å². The van der Waals surface area contributed by atoms with E-state index in [0.29, 0.717) is 5.96 Å². The topological polar surface area (TPSA) is 59.6 Å². The molecule has 0 aliphatic heterocycles. The fourth-order valence-corrected chi connectivity index (χ4v) is 2.93. The van der Waals surface area contributed by atoms with Gasteiger partial charge in [-0.15, -0.1) is 24.0 Å². The van der Waals surface area contributed by atoms with Crippen LogP contribution in [0.4, 0.5) is 5.69 Å². The van der Waals surface area contributed by atoms with Crippen LogP contribution in [0.1, 0.15) is 44.9 Å². The number of hydrogen-bond donors (Lipinski definition) is 2. The molecular formula is C17H28IN3O. The summed E-state index contributed by atoms with van der Waals surface area (Å²) in [5, 5.41) is 3.10. The van der Waals surface area contributed by atoms with Crippen molar-refractivity contribution in [2.75, 3.05) is 19.0 Å². The SMILES string of the molecule is COc1cccc(NC(N)=NCCCCC2CCCC2)c1.I. The molecule has 4 nitrogen and oxygen atoms in total. The summed E-state index contributed by atoms with van der Waals surface area (Å²) in [4.78, 5) is 4.38. The molecule has 0 aromatic heterocycles. The van der Waals surface area contributed by atoms with Crippen LogP contribution in [0, 0.1) is 5.92 Å². The number of methoxy groups -OCH3 is 1. The molecule has 0 radical (unpaired) electrons. The van der Waals surface area contributed by atoms with Crippen LogP contribution in [0.15, 0.2) is 29.3 Å². The lowest BCUT2D eigenvalue weighted by Gasteiger charge is -2.08. The first-order valence-corrected chi connectivity index (χ1v) is 7.99. The predicted molar refractivity (Wildman–Crippen MR) is 104 cm³/mol. The molecule has 1 aliphatic rings. The van der Waals surface area contributed by atoms with E-state index in [2.05, 4.69) is 10.3 Å². The predicted octanol–water partition coefficient (Wildman–Crippen LogP) is 4.40. The first-order valence-electron chi connectivity index (χ1n) is 7.99. The zero-order valence-electron chi connectivity index (χ0n) is 13.4. The molecular weight excluding hydrogens is 389 g/mol. The fourth-order valence-electron chi connectivity index (χ4n) is 2.93. The molecule has 1 aliphatic carbocycles. The molecule has 0 atom stereocenters. The standard InChI is InChI=1S/C17H27N3O.HI/c1-21-16-11-6-10-15(13-16)20-17(18)19-12-5-4-9-14-7-2-3-8-14;/h6,10-11,13-14H,2-5,7-9,12H2,1H3,(H3,18,19,20);1H. The minimum Gasteiger partial charge on any atom is -0.497 e. The first kappa shape index (κ1) is 19.1. The Kier molecular flexibility index (Phi) is 9.27. The Labute approximate surface area is 150 Å². The van der Waals surface area contributed by atoms with Gasteiger partial charge in [0, 0.05) is 18.3 Å². The summed E-state index contributed by atoms with van der Waals surface area (Å²) >= 11 is 0. The number of nitrogens with zero attached hydrogens (tertiary/aromatic N) is 1. The summed E-state index contributed by atoms with van der Waals surface area (Å²) in [7, 11) is 1.65. The van der Waals surface area contributed by atoms with Gasteiger partial charge >= 0.3 is 0 Å². The van der Waals surface area contributed by atoms with E-state index in [1.165, 1.54) is 38.5 Å². The van der Waals surface area contributed by atoms with Crippen LogP contribution in [0.5, 0.6) is 5.75 Å². The lowest BCUT2D eigenvalue weighted by Crippen LogP contribution is -2.22. The van der Waals surface area contributed by atoms with Gasteiger partial charge in [-0.05, 0) is 24.5 Å². The Bertz CT molecular complexity index is 459. The lowest BCUT2D eigenvalue weighted by atomic mass is 10.0. The summed E-state index contributed by atoms with van der Waals surface area (Å²) in [6.07, 6.45) is 9.47. The second-order valence-electron chi connectivity index (χ2n) is 5.77. The summed E-state index contributed by atoms with van der Waals surface area (Å²) in [5.41, 5.74) is 6.80. The number of aliphatic imine (C=N–C) groups is 1. The smallest absolute Gasteiger partial charge is 0.193 e. The largest absolute Gasteiger partial charge is 0.497 e. The lowest BCUT2D eigenvalue weighted by molar-refractivity contribution is 0.415. The number of anilines is 1. The van der Waals surface area contributed by atoms with Gasteiger partial charge in [0.2, 0.25) is 0 Å². The quantitative estimate of drug-likeness (QED) is 0.299. The van der Waals surface area contributed by atoms with E-state index in [0.717, 1.165) is 30.3 Å². The van der Waals surface area contributed by atoms with E-state index in [1.807, 2.05) is 24.3 Å². The average molecular weight is 417 g/mol. The van der Waals surface area contributed by atoms with Crippen molar-refractivity contribution in [1.29, 1.82) is 0 Å². The summed E-state index contributed by atoms with van der Waals surface area (Å²) in [5.74, 6) is 2.26. The van der Waals surface area contributed by atoms with Crippen molar-refractivity contribution in [3.63, 3.8) is 0 Å². The second-order valence-corrected chi connectivity index (χ2v) is 5.77. The number of nitrogens with two attached hydrogens (primary N) is 1. The van der Waals surface area contributed by atoms with Gasteiger partial charge in [-0.1, -0.05) is 44.6 Å². The fraction of sp³-hybridized carbons (Fsp3) is 0.588. The summed E-state index contributed by atoms with van der Waals surface area (Å²) in [6.45, 7) is 0.801. The Balaban J connectivity index is 0.00000242. The maximum absolute atomic E-state index is 5.90. The van der Waals surface area contributed by atoms with Crippen molar-refractivity contribution in [2.45, 2.75) is 44.9 Å². The molecule has 3 N–H and O–H groups in total. The van der Waals surface area contributed by atoms with E-state index >= 15 is 0 Å². The molecule has 0 heterocycles. The minimum atomic E-state index is 0. The molecule has 1 fully saturated rings. The van der Waals surface area contributed by atoms with Crippen LogP contribution in [-0.2, 0) is 0 Å². The molecule has 1 aromatic rings. The number of hydrogen-bond acceptors (Lipinski definition) is 2. The van der Waals surface area contributed by atoms with Crippen molar-refractivity contribution in [1.82, 2.24) is 0 Å². The van der Waals surface area contributed by atoms with Crippen LogP contribution >= 0.6 is 24.0 Å².